The first-order valence-electron chi connectivity index (χ1n) is 43.2. The second-order valence-electron chi connectivity index (χ2n) is 31.5. The average Bonchev–Trinajstić information content (AvgIpc) is 1.57. The highest BCUT2D eigenvalue weighted by Gasteiger charge is 2.46. The van der Waals surface area contributed by atoms with Crippen LogP contribution in [-0.4, -0.2) is 284 Å². The van der Waals surface area contributed by atoms with Gasteiger partial charge < -0.3 is 129 Å². The van der Waals surface area contributed by atoms with Crippen LogP contribution in [-0.2, 0) is 145 Å². The Labute approximate surface area is 736 Å². The number of cyclic esters (lactones) is 1. The third kappa shape index (κ3) is 34.5. The van der Waals surface area contributed by atoms with Crippen molar-refractivity contribution in [3.63, 3.8) is 0 Å². The Hall–Kier alpha value is -10.0. The summed E-state index contributed by atoms with van der Waals surface area (Å²) in [6.07, 6.45) is 2.22. The summed E-state index contributed by atoms with van der Waals surface area (Å²) in [5.74, 6) is -5.10. The molecule has 0 spiro atoms. The van der Waals surface area contributed by atoms with Crippen LogP contribution in [0.1, 0.15) is 150 Å². The lowest BCUT2D eigenvalue weighted by Gasteiger charge is -2.31. The van der Waals surface area contributed by atoms with E-state index >= 15 is 4.39 Å². The number of unbranched alkanes of at least 4 members (excludes halogenated alkanes) is 1. The molecule has 2 aromatic carbocycles. The molecule has 0 unspecified atom stereocenters. The number of carboxylic acids is 1. The molecular formula is C86H126FN13O27. The quantitative estimate of drug-likeness (QED) is 0.0142. The van der Waals surface area contributed by atoms with Crippen molar-refractivity contribution >= 4 is 70.4 Å². The number of nitrogens with zero attached hydrogens (tertiary/aromatic N) is 5. The van der Waals surface area contributed by atoms with Crippen LogP contribution >= 0.6 is 0 Å². The summed E-state index contributed by atoms with van der Waals surface area (Å²) in [6, 6.07) is 4.15. The Morgan fingerprint density at radius 2 is 1.20 bits per heavy atom. The van der Waals surface area contributed by atoms with Gasteiger partial charge in [-0.3, -0.25) is 28.8 Å². The fourth-order valence-corrected chi connectivity index (χ4v) is 13.9. The molecule has 0 saturated carbocycles. The molecular weight excluding hydrogens is 1670 g/mol. The molecule has 40 nitrogen and oxygen atoms in total. The largest absolute Gasteiger partial charge is 0.481 e. The molecule has 1 aliphatic carbocycles. The summed E-state index contributed by atoms with van der Waals surface area (Å²) in [6.45, 7) is 21.5. The molecule has 0 saturated heterocycles. The minimum Gasteiger partial charge on any atom is -0.481 e. The number of primary amides is 1. The van der Waals surface area contributed by atoms with Gasteiger partial charge in [0.25, 0.3) is 5.56 Å². The van der Waals surface area contributed by atoms with Crippen molar-refractivity contribution in [1.82, 2.24) is 56.4 Å². The highest BCUT2D eigenvalue weighted by atomic mass is 19.1. The zero-order valence-electron chi connectivity index (χ0n) is 73.7. The molecule has 8 rings (SSSR count). The molecule has 127 heavy (non-hydrogen) atoms. The number of alkyl carbamates (subject to hydrolysis) is 2. The fraction of sp³-hybridized carbons (Fsp3) is 0.640. The second kappa shape index (κ2) is 54.3. The maximum atomic E-state index is 15.6. The number of nitrogens with one attached hydrogen (secondary N) is 7. The minimum atomic E-state index is -2.07. The van der Waals surface area contributed by atoms with E-state index in [2.05, 4.69) is 47.5 Å². The van der Waals surface area contributed by atoms with E-state index in [4.69, 9.17) is 86.9 Å². The van der Waals surface area contributed by atoms with Crippen LogP contribution in [0.5, 0.6) is 0 Å². The number of carbonyl (C=O) groups is 9. The van der Waals surface area contributed by atoms with Crippen LogP contribution in [0.25, 0.3) is 22.3 Å². The number of anilines is 1. The van der Waals surface area contributed by atoms with Crippen LogP contribution in [0.15, 0.2) is 47.4 Å². The maximum Gasteiger partial charge on any atom is 0.408 e. The lowest BCUT2D eigenvalue weighted by molar-refractivity contribution is -0.172. The highest BCUT2D eigenvalue weighted by Crippen LogP contribution is 2.46. The van der Waals surface area contributed by atoms with Gasteiger partial charge in [0.2, 0.25) is 23.6 Å². The first kappa shape index (κ1) is 102. The van der Waals surface area contributed by atoms with Gasteiger partial charge in [-0.25, -0.2) is 33.2 Å². The van der Waals surface area contributed by atoms with E-state index in [0.29, 0.717) is 240 Å². The topological polar surface area (TPSA) is 508 Å². The average molecular weight is 1790 g/mol. The van der Waals surface area contributed by atoms with Crippen LogP contribution in [0.4, 0.5) is 24.5 Å². The normalized spacial score (nSPS) is 15.2. The molecule has 8 amide bonds. The number of aryl methyl sites for hydroxylation is 2. The smallest absolute Gasteiger partial charge is 0.408 e. The standard InChI is InChI=1S/C86H126FN13O27/c1-8-86(112)64-50-70-76-62(53-100(70)80(107)63(64)55-125-81(86)108)74-66(20-19-61-57(4)65(87)51-69(92-76)73(61)74)94-83(110)126-54-58-14-16-59(17-15-58)91-77(104)67(13-11-24-90-82(88)109)93-79(106)75(56(2)3)96-78(105)68(95-84(111)127-85(5,6)7)12-9-10-23-89-71(101)22-26-113-28-30-115-32-34-117-36-38-119-40-42-121-44-46-123-48-49-124-47-45-122-43-41-120-39-37-118-35-33-116-31-29-114-27-25-99-52-60(97-98-99)18-21-72(102)103/h14-17,50-52,56,66-68,75,112H,8-13,18-49,53-55H2,1-7H3,(H,89,101)(H,91,104)(H,93,106)(H,94,110)(H,95,111)(H,96,105)(H,102,103)(H3,88,90,109)/t66-,67-,68-,75-,86-/m0/s1. The first-order chi connectivity index (χ1) is 61.1. The number of fused-ring (bicyclic) bond motifs is 5. The zero-order valence-corrected chi connectivity index (χ0v) is 73.7. The lowest BCUT2D eigenvalue weighted by atomic mass is 9.81. The number of aliphatic hydroxyl groups is 1. The molecule has 5 heterocycles. The number of nitrogens with two attached hydrogens (primary N) is 1. The van der Waals surface area contributed by atoms with Crippen molar-refractivity contribution < 1.29 is 129 Å². The van der Waals surface area contributed by atoms with E-state index in [1.54, 1.807) is 89.7 Å². The molecule has 0 fully saturated rings. The van der Waals surface area contributed by atoms with Crippen molar-refractivity contribution in [3.8, 4) is 11.4 Å². The van der Waals surface area contributed by atoms with Crippen molar-refractivity contribution in [2.75, 3.05) is 177 Å². The number of carboxylic acid groups (broad SMARTS) is 1. The number of esters is 1. The predicted molar refractivity (Wildman–Crippen MR) is 455 cm³/mol. The van der Waals surface area contributed by atoms with Crippen molar-refractivity contribution in [3.05, 3.63) is 103 Å². The molecule has 5 aromatic rings. The van der Waals surface area contributed by atoms with E-state index in [9.17, 15) is 53.1 Å². The second-order valence-corrected chi connectivity index (χ2v) is 31.5. The number of aliphatic carboxylic acids is 1. The predicted octanol–water partition coefficient (Wildman–Crippen LogP) is 4.53. The SMILES string of the molecule is CC[C@@]1(O)C(=O)OCc2c1cc1n(c2=O)Cc2c-1nc1cc(F)c(C)c3c1c2[C@@H](NC(=O)OCc1ccc(NC(=O)[C@H](CCCNC(N)=O)NC(=O)[C@@H](NC(=O)[C@H](CCCCNC(=O)CCOCCOCCOCCOCCOCCOCCOCCOCCOCCOCCOCCOCCn2cc(CCC(=O)O)nn2)NC(=O)OC(C)(C)C)C(C)C)cc1)CC3. The van der Waals surface area contributed by atoms with Gasteiger partial charge in [0, 0.05) is 60.4 Å². The van der Waals surface area contributed by atoms with Gasteiger partial charge in [-0.2, -0.15) is 0 Å². The highest BCUT2D eigenvalue weighted by molar-refractivity contribution is 5.99. The number of hydrogen-bond acceptors (Lipinski definition) is 29. The van der Waals surface area contributed by atoms with E-state index in [0.717, 1.165) is 5.56 Å². The molecule has 11 N–H and O–H groups in total. The molecule has 3 aromatic heterocycles. The Bertz CT molecular complexity index is 4420. The summed E-state index contributed by atoms with van der Waals surface area (Å²) in [5, 5.41) is 48.0. The molecule has 704 valence electrons. The number of pyridine rings is 2. The number of halogens is 1. The number of amides is 8. The fourth-order valence-electron chi connectivity index (χ4n) is 13.9. The van der Waals surface area contributed by atoms with Gasteiger partial charge in [0.1, 0.15) is 42.8 Å². The zero-order chi connectivity index (χ0) is 91.5. The van der Waals surface area contributed by atoms with E-state index in [1.807, 2.05) is 0 Å². The summed E-state index contributed by atoms with van der Waals surface area (Å²) in [7, 11) is 0. The van der Waals surface area contributed by atoms with Gasteiger partial charge in [-0.1, -0.05) is 38.1 Å². The Morgan fingerprint density at radius 1 is 0.654 bits per heavy atom. The number of benzene rings is 2. The van der Waals surface area contributed by atoms with Crippen molar-refractivity contribution in [1.29, 1.82) is 0 Å². The van der Waals surface area contributed by atoms with Crippen LogP contribution in [0.2, 0.25) is 0 Å². The summed E-state index contributed by atoms with van der Waals surface area (Å²) in [5.41, 5.74) is 6.92. The van der Waals surface area contributed by atoms with E-state index in [-0.39, 0.29) is 102 Å². The van der Waals surface area contributed by atoms with Gasteiger partial charge in [-0.05, 0) is 125 Å². The van der Waals surface area contributed by atoms with Crippen molar-refractivity contribution in [2.45, 2.75) is 181 Å². The number of hydrogen-bond donors (Lipinski definition) is 10. The molecule has 5 atom stereocenters. The molecule has 0 radical (unpaired) electrons. The number of rotatable bonds is 63. The van der Waals surface area contributed by atoms with Gasteiger partial charge >= 0.3 is 30.2 Å². The van der Waals surface area contributed by atoms with Gasteiger partial charge in [0.15, 0.2) is 5.60 Å². The molecule has 41 heteroatoms. The molecule has 3 aliphatic rings. The van der Waals surface area contributed by atoms with Crippen LogP contribution < -0.4 is 48.5 Å². The Kier molecular flexibility index (Phi) is 43.8. The molecule has 2 aliphatic heterocycles. The van der Waals surface area contributed by atoms with E-state index < -0.39 is 101 Å². The lowest BCUT2D eigenvalue weighted by Crippen LogP contribution is -2.58. The number of carbonyl (C=O) groups excluding carboxylic acids is 8. The number of ether oxygens (including phenoxy) is 15. The third-order valence-corrected chi connectivity index (χ3v) is 20.6. The first-order valence-corrected chi connectivity index (χ1v) is 43.2. The van der Waals surface area contributed by atoms with Crippen molar-refractivity contribution in [2.24, 2.45) is 11.7 Å². The Morgan fingerprint density at radius 3 is 1.74 bits per heavy atom. The monoisotopic (exact) mass is 1790 g/mol. The summed E-state index contributed by atoms with van der Waals surface area (Å²) < 4.78 is 102. The van der Waals surface area contributed by atoms with Gasteiger partial charge in [-0.15, -0.1) is 5.10 Å². The third-order valence-electron chi connectivity index (χ3n) is 20.6. The summed E-state index contributed by atoms with van der Waals surface area (Å²) >= 11 is 0. The van der Waals surface area contributed by atoms with Gasteiger partial charge in [0.05, 0.1) is 212 Å². The minimum absolute atomic E-state index is 0.00949. The number of urea groups is 1. The molecule has 0 bridgehead atoms. The van der Waals surface area contributed by atoms with Crippen LogP contribution in [0.3, 0.4) is 0 Å². The Balaban J connectivity index is 0.639. The van der Waals surface area contributed by atoms with E-state index in [1.165, 1.54) is 10.6 Å². The number of aromatic nitrogens is 5. The maximum absolute atomic E-state index is 15.6. The van der Waals surface area contributed by atoms with Crippen LogP contribution in [0, 0.1) is 18.7 Å². The summed E-state index contributed by atoms with van der Waals surface area (Å²) in [4.78, 5) is 136.